The molecule has 0 aliphatic rings. The molecule has 0 fully saturated rings. The maximum Gasteiger partial charge on any atom is 0.119 e. The van der Waals surface area contributed by atoms with E-state index >= 15 is 0 Å². The highest BCUT2D eigenvalue weighted by atomic mass is 16.5. The van der Waals surface area contributed by atoms with Gasteiger partial charge in [-0.1, -0.05) is 12.1 Å². The van der Waals surface area contributed by atoms with Gasteiger partial charge in [-0.15, -0.1) is 0 Å². The van der Waals surface area contributed by atoms with Gasteiger partial charge in [-0.25, -0.2) is 0 Å². The molecular weight excluding hydrogens is 262 g/mol. The lowest BCUT2D eigenvalue weighted by Gasteiger charge is -2.18. The Balaban J connectivity index is 2.28. The second-order valence-electron chi connectivity index (χ2n) is 5.48. The molecule has 21 heavy (non-hydrogen) atoms. The van der Waals surface area contributed by atoms with Crippen LogP contribution in [-0.4, -0.2) is 22.9 Å². The minimum atomic E-state index is 0.138. The van der Waals surface area contributed by atoms with Crippen molar-refractivity contribution in [1.29, 1.82) is 0 Å². The van der Waals surface area contributed by atoms with Crippen LogP contribution in [0.2, 0.25) is 0 Å². The zero-order valence-electron chi connectivity index (χ0n) is 13.6. The van der Waals surface area contributed by atoms with Crippen molar-refractivity contribution >= 4 is 0 Å². The average molecular weight is 287 g/mol. The molecule has 1 heterocycles. The Morgan fingerprint density at radius 2 is 1.90 bits per heavy atom. The summed E-state index contributed by atoms with van der Waals surface area (Å²) in [5.41, 5.74) is 3.45. The molecule has 1 atom stereocenters. The summed E-state index contributed by atoms with van der Waals surface area (Å²) in [5, 5.41) is 7.91. The van der Waals surface area contributed by atoms with Crippen molar-refractivity contribution < 1.29 is 4.74 Å². The smallest absolute Gasteiger partial charge is 0.119 e. The van der Waals surface area contributed by atoms with E-state index in [0.717, 1.165) is 18.0 Å². The molecule has 0 saturated carbocycles. The second-order valence-corrected chi connectivity index (χ2v) is 5.48. The molecule has 1 N–H and O–H groups in total. The van der Waals surface area contributed by atoms with Gasteiger partial charge in [0, 0.05) is 6.54 Å². The monoisotopic (exact) mass is 287 g/mol. The maximum atomic E-state index is 5.70. The number of nitrogens with one attached hydrogen (secondary N) is 1. The minimum Gasteiger partial charge on any atom is -0.491 e. The van der Waals surface area contributed by atoms with Crippen molar-refractivity contribution in [2.75, 3.05) is 7.05 Å². The fourth-order valence-electron chi connectivity index (χ4n) is 2.55. The SMILES string of the molecule is CCn1nc(C)cc1C(NC)c1ccc(OC(C)C)cc1. The minimum absolute atomic E-state index is 0.138. The van der Waals surface area contributed by atoms with Crippen LogP contribution >= 0.6 is 0 Å². The number of benzene rings is 1. The number of hydrogen-bond acceptors (Lipinski definition) is 3. The molecule has 114 valence electrons. The topological polar surface area (TPSA) is 39.1 Å². The van der Waals surface area contributed by atoms with Crippen LogP contribution < -0.4 is 10.1 Å². The fraction of sp³-hybridized carbons (Fsp3) is 0.471. The molecule has 2 rings (SSSR count). The van der Waals surface area contributed by atoms with Crippen molar-refractivity contribution in [3.05, 3.63) is 47.3 Å². The quantitative estimate of drug-likeness (QED) is 0.886. The third kappa shape index (κ3) is 3.64. The standard InChI is InChI=1S/C17H25N3O/c1-6-20-16(11-13(4)19-20)17(18-5)14-7-9-15(10-8-14)21-12(2)3/h7-12,17-18H,6H2,1-5H3. The number of aromatic nitrogens is 2. The third-order valence-electron chi connectivity index (χ3n) is 3.40. The predicted octanol–water partition coefficient (Wildman–Crippen LogP) is 3.31. The second kappa shape index (κ2) is 6.76. The van der Waals surface area contributed by atoms with E-state index in [1.807, 2.05) is 40.0 Å². The number of aryl methyl sites for hydroxylation is 2. The Hall–Kier alpha value is -1.81. The highest BCUT2D eigenvalue weighted by molar-refractivity contribution is 5.34. The Morgan fingerprint density at radius 1 is 1.24 bits per heavy atom. The van der Waals surface area contributed by atoms with Crippen molar-refractivity contribution in [1.82, 2.24) is 15.1 Å². The van der Waals surface area contributed by atoms with Crippen LogP contribution in [0.15, 0.2) is 30.3 Å². The molecule has 0 bridgehead atoms. The first-order valence-electron chi connectivity index (χ1n) is 7.53. The highest BCUT2D eigenvalue weighted by Crippen LogP contribution is 2.25. The van der Waals surface area contributed by atoms with E-state index in [4.69, 9.17) is 4.74 Å². The van der Waals surface area contributed by atoms with E-state index in [1.54, 1.807) is 0 Å². The first-order chi connectivity index (χ1) is 10.0. The van der Waals surface area contributed by atoms with Crippen LogP contribution in [0.3, 0.4) is 0 Å². The first-order valence-corrected chi connectivity index (χ1v) is 7.53. The first kappa shape index (κ1) is 15.6. The molecule has 0 radical (unpaired) electrons. The molecule has 1 aromatic heterocycles. The third-order valence-corrected chi connectivity index (χ3v) is 3.40. The van der Waals surface area contributed by atoms with E-state index < -0.39 is 0 Å². The molecule has 0 aliphatic carbocycles. The molecule has 0 saturated heterocycles. The molecule has 0 amide bonds. The molecule has 0 spiro atoms. The summed E-state index contributed by atoms with van der Waals surface area (Å²) in [6.45, 7) is 9.08. The summed E-state index contributed by atoms with van der Waals surface area (Å²) in [7, 11) is 1.98. The number of nitrogens with zero attached hydrogens (tertiary/aromatic N) is 2. The van der Waals surface area contributed by atoms with Gasteiger partial charge in [0.25, 0.3) is 0 Å². The number of rotatable bonds is 6. The summed E-state index contributed by atoms with van der Waals surface area (Å²) in [4.78, 5) is 0. The van der Waals surface area contributed by atoms with E-state index in [9.17, 15) is 0 Å². The van der Waals surface area contributed by atoms with Gasteiger partial charge in [0.2, 0.25) is 0 Å². The van der Waals surface area contributed by atoms with Crippen LogP contribution in [0.5, 0.6) is 5.75 Å². The van der Waals surface area contributed by atoms with Gasteiger partial charge < -0.3 is 10.1 Å². The molecule has 2 aromatic rings. The zero-order chi connectivity index (χ0) is 15.4. The summed E-state index contributed by atoms with van der Waals surface area (Å²) < 4.78 is 7.75. The molecule has 1 unspecified atom stereocenters. The summed E-state index contributed by atoms with van der Waals surface area (Å²) in [6, 6.07) is 10.6. The maximum absolute atomic E-state index is 5.70. The fourth-order valence-corrected chi connectivity index (χ4v) is 2.55. The number of hydrogen-bond donors (Lipinski definition) is 1. The van der Waals surface area contributed by atoms with Gasteiger partial charge >= 0.3 is 0 Å². The van der Waals surface area contributed by atoms with E-state index in [-0.39, 0.29) is 12.1 Å². The van der Waals surface area contributed by atoms with Crippen LogP contribution in [0.25, 0.3) is 0 Å². The van der Waals surface area contributed by atoms with Crippen molar-refractivity contribution in [3.63, 3.8) is 0 Å². The van der Waals surface area contributed by atoms with Gasteiger partial charge in [0.05, 0.1) is 23.5 Å². The van der Waals surface area contributed by atoms with Gasteiger partial charge in [0.1, 0.15) is 5.75 Å². The Morgan fingerprint density at radius 3 is 2.43 bits per heavy atom. The van der Waals surface area contributed by atoms with Gasteiger partial charge in [0.15, 0.2) is 0 Å². The van der Waals surface area contributed by atoms with Crippen LogP contribution in [0, 0.1) is 6.92 Å². The van der Waals surface area contributed by atoms with Crippen molar-refractivity contribution in [2.45, 2.75) is 46.4 Å². The van der Waals surface area contributed by atoms with Crippen LogP contribution in [-0.2, 0) is 6.54 Å². The normalized spacial score (nSPS) is 12.7. The van der Waals surface area contributed by atoms with Crippen LogP contribution in [0.1, 0.15) is 43.8 Å². The van der Waals surface area contributed by atoms with Crippen LogP contribution in [0.4, 0.5) is 0 Å². The van der Waals surface area contributed by atoms with Gasteiger partial charge in [-0.05, 0) is 58.5 Å². The molecule has 1 aromatic carbocycles. The Kier molecular flexibility index (Phi) is 5.02. The largest absolute Gasteiger partial charge is 0.491 e. The summed E-state index contributed by atoms with van der Waals surface area (Å²) in [5.74, 6) is 0.906. The molecular formula is C17H25N3O. The van der Waals surface area contributed by atoms with Gasteiger partial charge in [-0.2, -0.15) is 5.10 Å². The molecule has 0 aliphatic heterocycles. The van der Waals surface area contributed by atoms with Crippen molar-refractivity contribution in [2.24, 2.45) is 0 Å². The highest BCUT2D eigenvalue weighted by Gasteiger charge is 2.17. The predicted molar refractivity (Wildman–Crippen MR) is 85.7 cm³/mol. The lowest BCUT2D eigenvalue weighted by molar-refractivity contribution is 0.242. The van der Waals surface area contributed by atoms with Gasteiger partial charge in [-0.3, -0.25) is 4.68 Å². The van der Waals surface area contributed by atoms with E-state index in [0.29, 0.717) is 0 Å². The molecule has 4 nitrogen and oxygen atoms in total. The lowest BCUT2D eigenvalue weighted by Crippen LogP contribution is -2.21. The zero-order valence-corrected chi connectivity index (χ0v) is 13.6. The summed E-state index contributed by atoms with van der Waals surface area (Å²) >= 11 is 0. The number of ether oxygens (including phenoxy) is 1. The Labute approximate surface area is 127 Å². The lowest BCUT2D eigenvalue weighted by atomic mass is 10.0. The van der Waals surface area contributed by atoms with E-state index in [2.05, 4.69) is 40.2 Å². The van der Waals surface area contributed by atoms with E-state index in [1.165, 1.54) is 11.3 Å². The van der Waals surface area contributed by atoms with Crippen molar-refractivity contribution in [3.8, 4) is 5.75 Å². The summed E-state index contributed by atoms with van der Waals surface area (Å²) in [6.07, 6.45) is 0.195. The molecule has 4 heteroatoms. The average Bonchev–Trinajstić information content (AvgIpc) is 2.82. The Bertz CT molecular complexity index is 572.